The number of nitrogens with zero attached hydrogens (tertiary/aromatic N) is 4. The molecule has 0 bridgehead atoms. The SMILES string of the molecule is Cn1nnc2c1C(COCc1ccccc1)CN(CC1CCC1)C2. The first-order chi connectivity index (χ1) is 11.8. The van der Waals surface area contributed by atoms with Crippen LogP contribution in [-0.4, -0.2) is 39.6 Å². The summed E-state index contributed by atoms with van der Waals surface area (Å²) >= 11 is 0. The maximum Gasteiger partial charge on any atom is 0.100 e. The zero-order chi connectivity index (χ0) is 16.4. The van der Waals surface area contributed by atoms with E-state index in [4.69, 9.17) is 4.74 Å². The van der Waals surface area contributed by atoms with Crippen molar-refractivity contribution >= 4 is 0 Å². The monoisotopic (exact) mass is 326 g/mol. The Balaban J connectivity index is 1.40. The van der Waals surface area contributed by atoms with Gasteiger partial charge in [-0.15, -0.1) is 5.10 Å². The average Bonchev–Trinajstić information content (AvgIpc) is 2.93. The second-order valence-corrected chi connectivity index (χ2v) is 7.23. The van der Waals surface area contributed by atoms with Crippen molar-refractivity contribution in [3.63, 3.8) is 0 Å². The van der Waals surface area contributed by atoms with Crippen LogP contribution in [0.25, 0.3) is 0 Å². The summed E-state index contributed by atoms with van der Waals surface area (Å²) in [6.45, 7) is 4.59. The summed E-state index contributed by atoms with van der Waals surface area (Å²) in [7, 11) is 2.00. The molecule has 1 aromatic carbocycles. The van der Waals surface area contributed by atoms with Crippen molar-refractivity contribution in [2.75, 3.05) is 19.7 Å². The van der Waals surface area contributed by atoms with E-state index >= 15 is 0 Å². The van der Waals surface area contributed by atoms with Crippen LogP contribution in [0.3, 0.4) is 0 Å². The van der Waals surface area contributed by atoms with E-state index in [9.17, 15) is 0 Å². The highest BCUT2D eigenvalue weighted by molar-refractivity contribution is 5.20. The molecule has 2 aliphatic rings. The molecule has 0 radical (unpaired) electrons. The van der Waals surface area contributed by atoms with Gasteiger partial charge in [0.15, 0.2) is 0 Å². The first kappa shape index (κ1) is 15.8. The molecule has 1 atom stereocenters. The number of aromatic nitrogens is 3. The zero-order valence-corrected chi connectivity index (χ0v) is 14.4. The lowest BCUT2D eigenvalue weighted by atomic mass is 9.84. The van der Waals surface area contributed by atoms with E-state index in [1.54, 1.807) is 0 Å². The molecular weight excluding hydrogens is 300 g/mol. The van der Waals surface area contributed by atoms with Gasteiger partial charge in [0.05, 0.1) is 18.9 Å². The lowest BCUT2D eigenvalue weighted by Crippen LogP contribution is -2.40. The minimum atomic E-state index is 0.359. The number of hydrogen-bond acceptors (Lipinski definition) is 4. The average molecular weight is 326 g/mol. The van der Waals surface area contributed by atoms with Crippen molar-refractivity contribution in [2.45, 2.75) is 38.3 Å². The summed E-state index contributed by atoms with van der Waals surface area (Å²) in [6, 6.07) is 10.4. The Morgan fingerprint density at radius 2 is 2.04 bits per heavy atom. The number of benzene rings is 1. The molecule has 0 saturated heterocycles. The molecular formula is C19H26N4O. The summed E-state index contributed by atoms with van der Waals surface area (Å²) in [6.07, 6.45) is 4.18. The maximum absolute atomic E-state index is 6.04. The topological polar surface area (TPSA) is 43.2 Å². The van der Waals surface area contributed by atoms with Crippen LogP contribution in [0, 0.1) is 5.92 Å². The van der Waals surface area contributed by atoms with E-state index in [0.29, 0.717) is 12.5 Å². The standard InChI is InChI=1S/C19H26N4O/c1-22-19-17(14-24-13-16-6-3-2-4-7-16)11-23(10-15-8-5-9-15)12-18(19)20-21-22/h2-4,6-7,15,17H,5,8-14H2,1H3. The van der Waals surface area contributed by atoms with E-state index < -0.39 is 0 Å². The molecule has 0 N–H and O–H groups in total. The van der Waals surface area contributed by atoms with Crippen LogP contribution in [0.4, 0.5) is 0 Å². The van der Waals surface area contributed by atoms with E-state index in [-0.39, 0.29) is 0 Å². The van der Waals surface area contributed by atoms with Gasteiger partial charge < -0.3 is 4.74 Å². The van der Waals surface area contributed by atoms with Crippen molar-refractivity contribution < 1.29 is 4.74 Å². The van der Waals surface area contributed by atoms with Gasteiger partial charge in [0.2, 0.25) is 0 Å². The molecule has 1 aliphatic carbocycles. The van der Waals surface area contributed by atoms with Crippen LogP contribution in [0.1, 0.15) is 42.1 Å². The summed E-state index contributed by atoms with van der Waals surface area (Å²) in [5.74, 6) is 1.24. The largest absolute Gasteiger partial charge is 0.376 e. The smallest absolute Gasteiger partial charge is 0.100 e. The second kappa shape index (κ2) is 7.03. The summed E-state index contributed by atoms with van der Waals surface area (Å²) in [4.78, 5) is 2.55. The highest BCUT2D eigenvalue weighted by Gasteiger charge is 2.32. The Bertz CT molecular complexity index is 665. The Hall–Kier alpha value is -1.72. The number of hydrogen-bond donors (Lipinski definition) is 0. The third-order valence-electron chi connectivity index (χ3n) is 5.35. The van der Waals surface area contributed by atoms with E-state index in [1.807, 2.05) is 17.8 Å². The summed E-state index contributed by atoms with van der Waals surface area (Å²) in [5, 5.41) is 8.64. The Morgan fingerprint density at radius 1 is 1.21 bits per heavy atom. The van der Waals surface area contributed by atoms with Crippen LogP contribution in [0.2, 0.25) is 0 Å². The van der Waals surface area contributed by atoms with Gasteiger partial charge in [-0.05, 0) is 24.3 Å². The molecule has 1 aliphatic heterocycles. The van der Waals surface area contributed by atoms with Crippen molar-refractivity contribution in [2.24, 2.45) is 13.0 Å². The minimum absolute atomic E-state index is 0.359. The molecule has 0 amide bonds. The summed E-state index contributed by atoms with van der Waals surface area (Å²) in [5.41, 5.74) is 3.62. The van der Waals surface area contributed by atoms with Crippen LogP contribution in [-0.2, 0) is 24.9 Å². The number of rotatable bonds is 6. The predicted octanol–water partition coefficient (Wildman–Crippen LogP) is 2.73. The first-order valence-electron chi connectivity index (χ1n) is 9.02. The molecule has 2 aromatic rings. The fourth-order valence-electron chi connectivity index (χ4n) is 3.90. The molecule has 4 rings (SSSR count). The maximum atomic E-state index is 6.04. The highest BCUT2D eigenvalue weighted by Crippen LogP contribution is 2.32. The van der Waals surface area contributed by atoms with Crippen molar-refractivity contribution in [3.8, 4) is 0 Å². The van der Waals surface area contributed by atoms with E-state index in [1.165, 1.54) is 37.1 Å². The molecule has 5 nitrogen and oxygen atoms in total. The number of ether oxygens (including phenoxy) is 1. The van der Waals surface area contributed by atoms with Crippen molar-refractivity contribution in [1.82, 2.24) is 19.9 Å². The van der Waals surface area contributed by atoms with Crippen LogP contribution in [0.5, 0.6) is 0 Å². The molecule has 5 heteroatoms. The normalized spacial score (nSPS) is 21.5. The minimum Gasteiger partial charge on any atom is -0.376 e. The van der Waals surface area contributed by atoms with Gasteiger partial charge in [0, 0.05) is 32.6 Å². The second-order valence-electron chi connectivity index (χ2n) is 7.23. The van der Waals surface area contributed by atoms with Gasteiger partial charge in [-0.25, -0.2) is 0 Å². The summed E-state index contributed by atoms with van der Waals surface area (Å²) < 4.78 is 7.98. The first-order valence-corrected chi connectivity index (χ1v) is 9.02. The molecule has 24 heavy (non-hydrogen) atoms. The van der Waals surface area contributed by atoms with Gasteiger partial charge in [-0.2, -0.15) is 0 Å². The Labute approximate surface area is 143 Å². The molecule has 0 spiro atoms. The van der Waals surface area contributed by atoms with Crippen molar-refractivity contribution in [1.29, 1.82) is 0 Å². The van der Waals surface area contributed by atoms with Crippen LogP contribution >= 0.6 is 0 Å². The molecule has 1 unspecified atom stereocenters. The van der Waals surface area contributed by atoms with Gasteiger partial charge in [-0.3, -0.25) is 9.58 Å². The van der Waals surface area contributed by atoms with E-state index in [2.05, 4.69) is 39.5 Å². The lowest BCUT2D eigenvalue weighted by Gasteiger charge is -2.37. The van der Waals surface area contributed by atoms with Gasteiger partial charge >= 0.3 is 0 Å². The van der Waals surface area contributed by atoms with Gasteiger partial charge in [0.1, 0.15) is 5.69 Å². The quantitative estimate of drug-likeness (QED) is 0.819. The Morgan fingerprint density at radius 3 is 2.79 bits per heavy atom. The van der Waals surface area contributed by atoms with Gasteiger partial charge in [-0.1, -0.05) is 42.0 Å². The predicted molar refractivity (Wildman–Crippen MR) is 92.5 cm³/mol. The molecule has 1 aromatic heterocycles. The highest BCUT2D eigenvalue weighted by atomic mass is 16.5. The van der Waals surface area contributed by atoms with Crippen LogP contribution < -0.4 is 0 Å². The lowest BCUT2D eigenvalue weighted by molar-refractivity contribution is 0.0756. The number of fused-ring (bicyclic) bond motifs is 1. The fraction of sp³-hybridized carbons (Fsp3) is 0.579. The molecule has 1 fully saturated rings. The van der Waals surface area contributed by atoms with E-state index in [0.717, 1.165) is 31.3 Å². The molecule has 128 valence electrons. The molecule has 1 saturated carbocycles. The number of aryl methyl sites for hydroxylation is 1. The van der Waals surface area contributed by atoms with Gasteiger partial charge in [0.25, 0.3) is 0 Å². The fourth-order valence-corrected chi connectivity index (χ4v) is 3.90. The Kier molecular flexibility index (Phi) is 4.63. The molecule has 2 heterocycles. The third-order valence-corrected chi connectivity index (χ3v) is 5.35. The third kappa shape index (κ3) is 3.37. The van der Waals surface area contributed by atoms with Crippen LogP contribution in [0.15, 0.2) is 30.3 Å². The zero-order valence-electron chi connectivity index (χ0n) is 14.4. The van der Waals surface area contributed by atoms with Crippen molar-refractivity contribution in [3.05, 3.63) is 47.3 Å².